The Morgan fingerprint density at radius 1 is 1.30 bits per heavy atom. The fourth-order valence-electron chi connectivity index (χ4n) is 1.46. The molecule has 106 valence electrons. The summed E-state index contributed by atoms with van der Waals surface area (Å²) >= 11 is 5.94. The SMILES string of the molecule is C=C/C(N)=N\C=C(/N)c1cc2c(cc1Cl)OC(F)(F)O2. The van der Waals surface area contributed by atoms with Crippen LogP contribution in [0.3, 0.4) is 0 Å². The smallest absolute Gasteiger partial charge is 0.397 e. The third-order valence-electron chi connectivity index (χ3n) is 2.36. The molecule has 0 radical (unpaired) electrons. The van der Waals surface area contributed by atoms with Crippen LogP contribution in [0.1, 0.15) is 5.56 Å². The van der Waals surface area contributed by atoms with Crippen molar-refractivity contribution < 1.29 is 18.3 Å². The van der Waals surface area contributed by atoms with E-state index in [1.807, 2.05) is 0 Å². The van der Waals surface area contributed by atoms with Crippen LogP contribution in [0, 0.1) is 0 Å². The van der Waals surface area contributed by atoms with Gasteiger partial charge in [-0.3, -0.25) is 0 Å². The highest BCUT2D eigenvalue weighted by molar-refractivity contribution is 6.32. The number of aliphatic imine (C=N–C) groups is 1. The number of nitrogens with two attached hydrogens (primary N) is 2. The van der Waals surface area contributed by atoms with Crippen molar-refractivity contribution in [2.45, 2.75) is 6.29 Å². The minimum Gasteiger partial charge on any atom is -0.397 e. The number of hydrogen-bond acceptors (Lipinski definition) is 4. The van der Waals surface area contributed by atoms with E-state index in [0.717, 1.165) is 0 Å². The van der Waals surface area contributed by atoms with Crippen LogP contribution >= 0.6 is 11.6 Å². The van der Waals surface area contributed by atoms with Crippen molar-refractivity contribution in [3.63, 3.8) is 0 Å². The lowest BCUT2D eigenvalue weighted by Gasteiger charge is -2.05. The van der Waals surface area contributed by atoms with Crippen LogP contribution in [-0.2, 0) is 0 Å². The standard InChI is InChI=1S/C12H10ClF2N3O2/c1-2-11(17)18-5-8(16)6-3-9-10(4-7(6)13)20-12(14,15)19-9/h2-5H,1,16H2,(H2,17,18)/b8-5-. The first-order valence-corrected chi connectivity index (χ1v) is 5.71. The number of alkyl halides is 2. The molecule has 1 aromatic rings. The van der Waals surface area contributed by atoms with Gasteiger partial charge in [0.05, 0.1) is 16.9 Å². The van der Waals surface area contributed by atoms with E-state index in [1.165, 1.54) is 24.4 Å². The summed E-state index contributed by atoms with van der Waals surface area (Å²) in [4.78, 5) is 3.79. The van der Waals surface area contributed by atoms with Crippen LogP contribution in [0.5, 0.6) is 11.5 Å². The summed E-state index contributed by atoms with van der Waals surface area (Å²) in [5.41, 5.74) is 11.6. The van der Waals surface area contributed by atoms with Crippen molar-refractivity contribution in [2.24, 2.45) is 16.5 Å². The van der Waals surface area contributed by atoms with Gasteiger partial charge in [-0.25, -0.2) is 4.99 Å². The molecular formula is C12H10ClF2N3O2. The Morgan fingerprint density at radius 2 is 1.90 bits per heavy atom. The van der Waals surface area contributed by atoms with Gasteiger partial charge in [-0.1, -0.05) is 18.2 Å². The van der Waals surface area contributed by atoms with Crippen molar-refractivity contribution in [2.75, 3.05) is 0 Å². The molecule has 1 heterocycles. The Bertz CT molecular complexity index is 629. The number of nitrogens with zero attached hydrogens (tertiary/aromatic N) is 1. The maximum atomic E-state index is 12.9. The van der Waals surface area contributed by atoms with Gasteiger partial charge in [-0.05, 0) is 12.1 Å². The van der Waals surface area contributed by atoms with Crippen molar-refractivity contribution in [1.29, 1.82) is 0 Å². The minimum atomic E-state index is -3.71. The fourth-order valence-corrected chi connectivity index (χ4v) is 1.72. The largest absolute Gasteiger partial charge is 0.586 e. The van der Waals surface area contributed by atoms with Gasteiger partial charge in [0.25, 0.3) is 0 Å². The summed E-state index contributed by atoms with van der Waals surface area (Å²) in [7, 11) is 0. The number of fused-ring (bicyclic) bond motifs is 1. The molecule has 5 nitrogen and oxygen atoms in total. The summed E-state index contributed by atoms with van der Waals surface area (Å²) < 4.78 is 34.4. The number of rotatable bonds is 3. The molecule has 4 N–H and O–H groups in total. The molecule has 0 spiro atoms. The predicted molar refractivity (Wildman–Crippen MR) is 71.6 cm³/mol. The average Bonchev–Trinajstić information content (AvgIpc) is 2.67. The number of ether oxygens (including phenoxy) is 2. The molecule has 0 saturated heterocycles. The second-order valence-corrected chi connectivity index (χ2v) is 4.20. The quantitative estimate of drug-likeness (QED) is 0.663. The van der Waals surface area contributed by atoms with E-state index in [1.54, 1.807) is 0 Å². The van der Waals surface area contributed by atoms with E-state index >= 15 is 0 Å². The zero-order chi connectivity index (χ0) is 14.9. The monoisotopic (exact) mass is 301 g/mol. The molecule has 0 amide bonds. The molecule has 0 bridgehead atoms. The van der Waals surface area contributed by atoms with Crippen LogP contribution in [0.15, 0.2) is 36.0 Å². The molecule has 1 aliphatic rings. The van der Waals surface area contributed by atoms with Gasteiger partial charge < -0.3 is 20.9 Å². The van der Waals surface area contributed by atoms with Crippen LogP contribution in [0.25, 0.3) is 5.70 Å². The summed E-state index contributed by atoms with van der Waals surface area (Å²) in [5, 5.41) is 0.117. The van der Waals surface area contributed by atoms with Gasteiger partial charge in [0.1, 0.15) is 5.84 Å². The lowest BCUT2D eigenvalue weighted by Crippen LogP contribution is -2.25. The van der Waals surface area contributed by atoms with Gasteiger partial charge in [0.2, 0.25) is 0 Å². The number of amidine groups is 1. The van der Waals surface area contributed by atoms with E-state index in [2.05, 4.69) is 21.0 Å². The lowest BCUT2D eigenvalue weighted by atomic mass is 10.1. The van der Waals surface area contributed by atoms with Crippen LogP contribution in [-0.4, -0.2) is 12.1 Å². The lowest BCUT2D eigenvalue weighted by molar-refractivity contribution is -0.286. The van der Waals surface area contributed by atoms with Crippen LogP contribution < -0.4 is 20.9 Å². The molecule has 2 rings (SSSR count). The number of halogens is 3. The van der Waals surface area contributed by atoms with Crippen molar-refractivity contribution in [3.05, 3.63) is 41.6 Å². The number of hydrogen-bond donors (Lipinski definition) is 2. The molecule has 0 fully saturated rings. The van der Waals surface area contributed by atoms with Gasteiger partial charge in [-0.2, -0.15) is 0 Å². The Morgan fingerprint density at radius 3 is 2.50 bits per heavy atom. The first-order chi connectivity index (χ1) is 9.32. The average molecular weight is 302 g/mol. The zero-order valence-electron chi connectivity index (χ0n) is 10.1. The Hall–Kier alpha value is -2.28. The van der Waals surface area contributed by atoms with Gasteiger partial charge >= 0.3 is 6.29 Å². The van der Waals surface area contributed by atoms with E-state index in [9.17, 15) is 8.78 Å². The molecule has 0 atom stereocenters. The summed E-state index contributed by atoms with van der Waals surface area (Å²) in [6.45, 7) is 3.42. The molecule has 0 unspecified atom stereocenters. The summed E-state index contributed by atoms with van der Waals surface area (Å²) in [6, 6.07) is 2.43. The summed E-state index contributed by atoms with van der Waals surface area (Å²) in [5.74, 6) is -0.173. The highest BCUT2D eigenvalue weighted by Gasteiger charge is 2.43. The molecule has 1 aromatic carbocycles. The molecule has 0 aliphatic carbocycles. The normalized spacial score (nSPS) is 17.1. The second kappa shape index (κ2) is 5.01. The molecular weight excluding hydrogens is 292 g/mol. The number of benzene rings is 1. The van der Waals surface area contributed by atoms with Crippen molar-refractivity contribution >= 4 is 23.1 Å². The van der Waals surface area contributed by atoms with Crippen molar-refractivity contribution in [1.82, 2.24) is 0 Å². The van der Waals surface area contributed by atoms with Gasteiger partial charge in [-0.15, -0.1) is 8.78 Å². The third-order valence-corrected chi connectivity index (χ3v) is 2.68. The van der Waals surface area contributed by atoms with Gasteiger partial charge in [0.15, 0.2) is 11.5 Å². The summed E-state index contributed by atoms with van der Waals surface area (Å²) in [6.07, 6.45) is -1.15. The second-order valence-electron chi connectivity index (χ2n) is 3.79. The fraction of sp³-hybridized carbons (Fsp3) is 0.0833. The van der Waals surface area contributed by atoms with Crippen molar-refractivity contribution in [3.8, 4) is 11.5 Å². The molecule has 1 aliphatic heterocycles. The maximum Gasteiger partial charge on any atom is 0.586 e. The molecule has 0 saturated carbocycles. The van der Waals surface area contributed by atoms with E-state index in [0.29, 0.717) is 0 Å². The third kappa shape index (κ3) is 2.83. The van der Waals surface area contributed by atoms with E-state index in [-0.39, 0.29) is 33.6 Å². The highest BCUT2D eigenvalue weighted by atomic mass is 35.5. The Kier molecular flexibility index (Phi) is 3.54. The zero-order valence-corrected chi connectivity index (χ0v) is 10.8. The van der Waals surface area contributed by atoms with Gasteiger partial charge in [0, 0.05) is 11.6 Å². The first kappa shape index (κ1) is 14.1. The molecule has 20 heavy (non-hydrogen) atoms. The topological polar surface area (TPSA) is 82.9 Å². The molecule has 8 heteroatoms. The predicted octanol–water partition coefficient (Wildman–Crippen LogP) is 2.46. The van der Waals surface area contributed by atoms with Crippen LogP contribution in [0.4, 0.5) is 8.78 Å². The van der Waals surface area contributed by atoms with E-state index < -0.39 is 6.29 Å². The minimum absolute atomic E-state index is 0.117. The van der Waals surface area contributed by atoms with E-state index in [4.69, 9.17) is 23.1 Å². The first-order valence-electron chi connectivity index (χ1n) is 5.33. The highest BCUT2D eigenvalue weighted by Crippen LogP contribution is 2.44. The molecule has 0 aromatic heterocycles. The van der Waals surface area contributed by atoms with Crippen LogP contribution in [0.2, 0.25) is 5.02 Å². The maximum absolute atomic E-state index is 12.9. The Balaban J connectivity index is 2.38. The Labute approximate surface area is 118 Å².